The van der Waals surface area contributed by atoms with E-state index >= 15 is 0 Å². The summed E-state index contributed by atoms with van der Waals surface area (Å²) in [5, 5.41) is 2.83. The second-order valence-corrected chi connectivity index (χ2v) is 11.3. The second-order valence-electron chi connectivity index (χ2n) is 8.51. The second kappa shape index (κ2) is 8.60. The molecule has 0 unspecified atom stereocenters. The summed E-state index contributed by atoms with van der Waals surface area (Å²) in [4.78, 5) is 28.2. The summed E-state index contributed by atoms with van der Waals surface area (Å²) in [6, 6.07) is 0. The van der Waals surface area contributed by atoms with Crippen LogP contribution in [0.5, 0.6) is 0 Å². The van der Waals surface area contributed by atoms with Gasteiger partial charge in [0.25, 0.3) is 0 Å². The molecule has 5 rings (SSSR count). The Hall–Kier alpha value is -1.66. The van der Waals surface area contributed by atoms with Crippen molar-refractivity contribution in [1.29, 1.82) is 0 Å². The number of nitrogens with two attached hydrogens (primary N) is 1. The number of morpholine rings is 1. The van der Waals surface area contributed by atoms with Crippen LogP contribution in [0.15, 0.2) is 10.2 Å². The fourth-order valence-electron chi connectivity index (χ4n) is 4.22. The van der Waals surface area contributed by atoms with Crippen molar-refractivity contribution in [1.82, 2.24) is 9.97 Å². The maximum absolute atomic E-state index is 11.4. The van der Waals surface area contributed by atoms with E-state index in [0.717, 1.165) is 61.5 Å². The topological polar surface area (TPSA) is 105 Å². The van der Waals surface area contributed by atoms with Crippen LogP contribution >= 0.6 is 34.9 Å². The van der Waals surface area contributed by atoms with E-state index < -0.39 is 0 Å². The van der Waals surface area contributed by atoms with Crippen LogP contribution in [0.1, 0.15) is 25.0 Å². The standard InChI is InChI=1S/C21H25N5O3S3/c1-21(2)8-11-12(9-29-21)17(26-4-6-28-7-5-26)24-18-14(11)15-16(32-18)19(31-10-13(22)27)25-20(23-15)30-3/h4-10H2,1-3H3,(H2,22,27)/p+1. The van der Waals surface area contributed by atoms with Crippen molar-refractivity contribution in [2.45, 2.75) is 42.7 Å². The smallest absolute Gasteiger partial charge is 0.358 e. The van der Waals surface area contributed by atoms with Gasteiger partial charge in [0.1, 0.15) is 15.3 Å². The number of aromatic nitrogens is 3. The number of primary amides is 1. The van der Waals surface area contributed by atoms with Gasteiger partial charge in [-0.25, -0.2) is 9.97 Å². The van der Waals surface area contributed by atoms with Gasteiger partial charge in [-0.3, -0.25) is 4.79 Å². The lowest BCUT2D eigenvalue weighted by molar-refractivity contribution is -0.475. The Morgan fingerprint density at radius 2 is 2.06 bits per heavy atom. The number of carbonyl (C=O) groups is 1. The van der Waals surface area contributed by atoms with Gasteiger partial charge >= 0.3 is 5.16 Å². The summed E-state index contributed by atoms with van der Waals surface area (Å²) in [6.07, 6.45) is 2.78. The Kier molecular flexibility index (Phi) is 5.95. The van der Waals surface area contributed by atoms with Crippen molar-refractivity contribution in [3.05, 3.63) is 11.1 Å². The first-order valence-electron chi connectivity index (χ1n) is 10.5. The molecule has 0 saturated carbocycles. The molecule has 2 aliphatic heterocycles. The minimum absolute atomic E-state index is 0.211. The van der Waals surface area contributed by atoms with Crippen molar-refractivity contribution in [2.75, 3.05) is 43.2 Å². The third-order valence-corrected chi connectivity index (χ3v) is 8.54. The maximum atomic E-state index is 11.4. The first-order valence-corrected chi connectivity index (χ1v) is 13.5. The molecule has 0 aliphatic carbocycles. The lowest BCUT2D eigenvalue weighted by Crippen LogP contribution is -2.39. The average molecular weight is 493 g/mol. The van der Waals surface area contributed by atoms with Crippen LogP contribution in [0.25, 0.3) is 20.4 Å². The summed E-state index contributed by atoms with van der Waals surface area (Å²) in [7, 11) is 0. The molecule has 5 heterocycles. The highest BCUT2D eigenvalue weighted by atomic mass is 32.2. The number of thiophene rings is 1. The van der Waals surface area contributed by atoms with Gasteiger partial charge in [0.2, 0.25) is 11.4 Å². The molecule has 0 radical (unpaired) electrons. The summed E-state index contributed by atoms with van der Waals surface area (Å²) < 4.78 is 12.8. The minimum Gasteiger partial charge on any atom is -0.378 e. The van der Waals surface area contributed by atoms with Crippen LogP contribution < -0.4 is 15.6 Å². The minimum atomic E-state index is -0.343. The predicted octanol–water partition coefficient (Wildman–Crippen LogP) is 2.65. The fraction of sp³-hybridized carbons (Fsp3) is 0.524. The van der Waals surface area contributed by atoms with Gasteiger partial charge in [-0.15, -0.1) is 11.3 Å². The van der Waals surface area contributed by atoms with Crippen LogP contribution in [-0.2, 0) is 27.3 Å². The lowest BCUT2D eigenvalue weighted by Gasteiger charge is -2.36. The van der Waals surface area contributed by atoms with Gasteiger partial charge in [-0.05, 0) is 42.4 Å². The number of fused-ring (bicyclic) bond motifs is 5. The van der Waals surface area contributed by atoms with E-state index in [4.69, 9.17) is 25.2 Å². The number of pyridine rings is 1. The maximum Gasteiger partial charge on any atom is 0.358 e. The number of thioether (sulfide) groups is 2. The SMILES string of the molecule is CSc1nc2c(sc3nc(N4CCOCC4)c4c(c32)CC(C)(C)OC4)c(SCC(N)=O)[nH+]1. The van der Waals surface area contributed by atoms with E-state index in [9.17, 15) is 4.79 Å². The predicted molar refractivity (Wildman–Crippen MR) is 129 cm³/mol. The number of anilines is 1. The molecule has 0 bridgehead atoms. The van der Waals surface area contributed by atoms with Crippen molar-refractivity contribution in [3.63, 3.8) is 0 Å². The highest BCUT2D eigenvalue weighted by Gasteiger charge is 2.34. The Morgan fingerprint density at radius 1 is 1.28 bits per heavy atom. The van der Waals surface area contributed by atoms with Gasteiger partial charge in [0.05, 0.1) is 36.6 Å². The van der Waals surface area contributed by atoms with E-state index in [1.807, 2.05) is 6.26 Å². The molecule has 3 N–H and O–H groups in total. The molecule has 11 heteroatoms. The summed E-state index contributed by atoms with van der Waals surface area (Å²) in [6.45, 7) is 7.85. The summed E-state index contributed by atoms with van der Waals surface area (Å²) in [5.74, 6) is 0.866. The van der Waals surface area contributed by atoms with Gasteiger partial charge in [-0.2, -0.15) is 0 Å². The molecule has 1 fully saturated rings. The van der Waals surface area contributed by atoms with Crippen LogP contribution in [0.4, 0.5) is 5.82 Å². The van der Waals surface area contributed by atoms with E-state index in [-0.39, 0.29) is 17.3 Å². The number of nitrogens with one attached hydrogen (secondary N) is 1. The summed E-state index contributed by atoms with van der Waals surface area (Å²) >= 11 is 4.59. The van der Waals surface area contributed by atoms with Crippen LogP contribution in [0.3, 0.4) is 0 Å². The lowest BCUT2D eigenvalue weighted by atomic mass is 9.90. The molecular formula is C21H26N5O3S3+. The molecule has 2 aliphatic rings. The number of ether oxygens (including phenoxy) is 2. The van der Waals surface area contributed by atoms with Crippen LogP contribution in [0.2, 0.25) is 0 Å². The van der Waals surface area contributed by atoms with Crippen LogP contribution in [-0.4, -0.2) is 59.8 Å². The number of hydrogen-bond acceptors (Lipinski definition) is 9. The summed E-state index contributed by atoms with van der Waals surface area (Å²) in [5.41, 5.74) is 8.53. The first-order chi connectivity index (χ1) is 15.4. The van der Waals surface area contributed by atoms with E-state index in [1.54, 1.807) is 23.1 Å². The van der Waals surface area contributed by atoms with Gasteiger partial charge in [-0.1, -0.05) is 11.8 Å². The molecular weight excluding hydrogens is 466 g/mol. The zero-order chi connectivity index (χ0) is 22.5. The normalized spacial score (nSPS) is 18.3. The molecule has 1 amide bonds. The number of aromatic amines is 1. The third kappa shape index (κ3) is 4.05. The number of hydrogen-bond donors (Lipinski definition) is 1. The quantitative estimate of drug-likeness (QED) is 0.329. The molecule has 8 nitrogen and oxygen atoms in total. The van der Waals surface area contributed by atoms with Gasteiger partial charge in [0.15, 0.2) is 5.03 Å². The van der Waals surface area contributed by atoms with Gasteiger partial charge < -0.3 is 20.1 Å². The molecule has 3 aromatic heterocycles. The monoisotopic (exact) mass is 492 g/mol. The van der Waals surface area contributed by atoms with Crippen molar-refractivity contribution >= 4 is 67.0 Å². The Labute approximate surface area is 198 Å². The number of carbonyl (C=O) groups excluding carboxylic acids is 1. The zero-order valence-corrected chi connectivity index (χ0v) is 20.8. The van der Waals surface area contributed by atoms with Crippen LogP contribution in [0, 0.1) is 0 Å². The Morgan fingerprint density at radius 3 is 2.78 bits per heavy atom. The Balaban J connectivity index is 1.77. The molecule has 170 valence electrons. The van der Waals surface area contributed by atoms with E-state index in [2.05, 4.69) is 23.7 Å². The molecule has 1 saturated heterocycles. The molecule has 32 heavy (non-hydrogen) atoms. The first kappa shape index (κ1) is 22.1. The third-order valence-electron chi connectivity index (χ3n) is 5.72. The molecule has 0 aromatic carbocycles. The number of rotatable bonds is 5. The van der Waals surface area contributed by atoms with Crippen molar-refractivity contribution in [3.8, 4) is 0 Å². The average Bonchev–Trinajstić information content (AvgIpc) is 3.15. The van der Waals surface area contributed by atoms with E-state index in [1.165, 1.54) is 17.3 Å². The molecule has 0 spiro atoms. The Bertz CT molecular complexity index is 1210. The molecule has 0 atom stereocenters. The number of nitrogens with zero attached hydrogens (tertiary/aromatic N) is 3. The van der Waals surface area contributed by atoms with Crippen molar-refractivity contribution < 1.29 is 19.3 Å². The number of amides is 1. The largest absolute Gasteiger partial charge is 0.378 e. The zero-order valence-electron chi connectivity index (χ0n) is 18.3. The molecule has 3 aromatic rings. The van der Waals surface area contributed by atoms with Crippen molar-refractivity contribution in [2.24, 2.45) is 5.73 Å². The van der Waals surface area contributed by atoms with E-state index in [0.29, 0.717) is 19.8 Å². The number of H-pyrrole nitrogens is 1. The van der Waals surface area contributed by atoms with Gasteiger partial charge in [0, 0.05) is 25.1 Å². The fourth-order valence-corrected chi connectivity index (χ4v) is 6.70. The highest BCUT2D eigenvalue weighted by molar-refractivity contribution is 8.00. The highest BCUT2D eigenvalue weighted by Crippen LogP contribution is 2.44.